The van der Waals surface area contributed by atoms with Crippen LogP contribution in [0, 0.1) is 13.8 Å². The smallest absolute Gasteiger partial charge is 0.228 e. The number of aromatic nitrogens is 1. The van der Waals surface area contributed by atoms with E-state index in [2.05, 4.69) is 10.3 Å². The lowest BCUT2D eigenvalue weighted by Crippen LogP contribution is -2.15. The molecule has 22 heavy (non-hydrogen) atoms. The molecular formula is C17H20N2O3. The van der Waals surface area contributed by atoms with E-state index in [1.54, 1.807) is 26.5 Å². The number of anilines is 1. The molecule has 1 amide bonds. The number of rotatable bonds is 5. The zero-order valence-electron chi connectivity index (χ0n) is 13.3. The first kappa shape index (κ1) is 15.8. The molecule has 5 nitrogen and oxygen atoms in total. The summed E-state index contributed by atoms with van der Waals surface area (Å²) in [6.45, 7) is 3.79. The number of nitrogens with zero attached hydrogens (tertiary/aromatic N) is 1. The van der Waals surface area contributed by atoms with Gasteiger partial charge in [-0.2, -0.15) is 0 Å². The zero-order valence-corrected chi connectivity index (χ0v) is 13.3. The number of methoxy groups -OCH3 is 2. The minimum absolute atomic E-state index is 0.103. The molecule has 0 saturated heterocycles. The molecule has 0 saturated carbocycles. The van der Waals surface area contributed by atoms with Crippen molar-refractivity contribution >= 4 is 11.6 Å². The third kappa shape index (κ3) is 3.55. The highest BCUT2D eigenvalue weighted by Crippen LogP contribution is 2.31. The molecular weight excluding hydrogens is 280 g/mol. The average Bonchev–Trinajstić information content (AvgIpc) is 2.47. The maximum absolute atomic E-state index is 12.2. The van der Waals surface area contributed by atoms with Crippen LogP contribution in [-0.2, 0) is 11.2 Å². The fourth-order valence-electron chi connectivity index (χ4n) is 2.38. The van der Waals surface area contributed by atoms with Gasteiger partial charge in [0.15, 0.2) is 0 Å². The fraction of sp³-hybridized carbons (Fsp3) is 0.294. The summed E-state index contributed by atoms with van der Waals surface area (Å²) < 4.78 is 10.7. The van der Waals surface area contributed by atoms with Gasteiger partial charge in [-0.15, -0.1) is 0 Å². The Morgan fingerprint density at radius 3 is 2.59 bits per heavy atom. The van der Waals surface area contributed by atoms with Crippen LogP contribution in [0.2, 0.25) is 0 Å². The van der Waals surface area contributed by atoms with Crippen molar-refractivity contribution in [1.29, 1.82) is 0 Å². The first-order valence-electron chi connectivity index (χ1n) is 6.98. The average molecular weight is 300 g/mol. The van der Waals surface area contributed by atoms with Gasteiger partial charge in [0.2, 0.25) is 5.91 Å². The summed E-state index contributed by atoms with van der Waals surface area (Å²) >= 11 is 0. The number of benzene rings is 1. The van der Waals surface area contributed by atoms with E-state index in [0.29, 0.717) is 5.75 Å². The van der Waals surface area contributed by atoms with Gasteiger partial charge in [0.05, 0.1) is 20.6 Å². The quantitative estimate of drug-likeness (QED) is 0.922. The largest absolute Gasteiger partial charge is 0.496 e. The second kappa shape index (κ2) is 6.93. The number of amides is 1. The Bertz CT molecular complexity index is 684. The molecule has 1 N–H and O–H groups in total. The molecule has 5 heteroatoms. The number of ether oxygens (including phenoxy) is 2. The van der Waals surface area contributed by atoms with Crippen molar-refractivity contribution in [3.05, 3.63) is 47.3 Å². The SMILES string of the molecule is COc1ccc(CC(=O)Nc2ccnc(C)c2)c(OC)c1C. The summed E-state index contributed by atoms with van der Waals surface area (Å²) in [5.41, 5.74) is 3.30. The number of carbonyl (C=O) groups excluding carboxylic acids is 1. The van der Waals surface area contributed by atoms with Crippen LogP contribution in [0.3, 0.4) is 0 Å². The molecule has 1 aromatic carbocycles. The van der Waals surface area contributed by atoms with E-state index in [9.17, 15) is 4.79 Å². The van der Waals surface area contributed by atoms with Gasteiger partial charge >= 0.3 is 0 Å². The van der Waals surface area contributed by atoms with Crippen molar-refractivity contribution in [3.63, 3.8) is 0 Å². The molecule has 0 radical (unpaired) electrons. The molecule has 1 aromatic heterocycles. The lowest BCUT2D eigenvalue weighted by atomic mass is 10.1. The zero-order chi connectivity index (χ0) is 16.1. The maximum Gasteiger partial charge on any atom is 0.228 e. The van der Waals surface area contributed by atoms with Crippen molar-refractivity contribution in [2.45, 2.75) is 20.3 Å². The van der Waals surface area contributed by atoms with Crippen molar-refractivity contribution in [1.82, 2.24) is 4.98 Å². The molecule has 116 valence electrons. The Morgan fingerprint density at radius 1 is 1.18 bits per heavy atom. The van der Waals surface area contributed by atoms with Gasteiger partial charge in [0.1, 0.15) is 11.5 Å². The minimum Gasteiger partial charge on any atom is -0.496 e. The van der Waals surface area contributed by atoms with E-state index in [0.717, 1.165) is 28.3 Å². The van der Waals surface area contributed by atoms with E-state index in [1.807, 2.05) is 32.0 Å². The second-order valence-electron chi connectivity index (χ2n) is 5.00. The minimum atomic E-state index is -0.103. The predicted octanol–water partition coefficient (Wildman–Crippen LogP) is 2.90. The Balaban J connectivity index is 2.16. The maximum atomic E-state index is 12.2. The van der Waals surface area contributed by atoms with E-state index < -0.39 is 0 Å². The van der Waals surface area contributed by atoms with Gasteiger partial charge in [-0.1, -0.05) is 6.07 Å². The van der Waals surface area contributed by atoms with Crippen LogP contribution in [0.4, 0.5) is 5.69 Å². The highest BCUT2D eigenvalue weighted by molar-refractivity contribution is 5.92. The standard InChI is InChI=1S/C17H20N2O3/c1-11-9-14(7-8-18-11)19-16(20)10-13-5-6-15(21-3)12(2)17(13)22-4/h5-9H,10H2,1-4H3,(H,18,19,20). The summed E-state index contributed by atoms with van der Waals surface area (Å²) in [6, 6.07) is 7.29. The number of nitrogens with one attached hydrogen (secondary N) is 1. The first-order valence-corrected chi connectivity index (χ1v) is 6.98. The molecule has 0 spiro atoms. The molecule has 0 aliphatic carbocycles. The highest BCUT2D eigenvalue weighted by Gasteiger charge is 2.14. The van der Waals surface area contributed by atoms with Crippen molar-refractivity contribution < 1.29 is 14.3 Å². The first-order chi connectivity index (χ1) is 10.5. The van der Waals surface area contributed by atoms with Crippen LogP contribution in [0.15, 0.2) is 30.5 Å². The van der Waals surface area contributed by atoms with Gasteiger partial charge in [-0.3, -0.25) is 9.78 Å². The number of aryl methyl sites for hydroxylation is 1. The van der Waals surface area contributed by atoms with Crippen LogP contribution < -0.4 is 14.8 Å². The lowest BCUT2D eigenvalue weighted by molar-refractivity contribution is -0.115. The number of hydrogen-bond donors (Lipinski definition) is 1. The Kier molecular flexibility index (Phi) is 4.99. The molecule has 0 bridgehead atoms. The molecule has 2 aromatic rings. The van der Waals surface area contributed by atoms with Crippen LogP contribution >= 0.6 is 0 Å². The van der Waals surface area contributed by atoms with Crippen molar-refractivity contribution in [2.24, 2.45) is 0 Å². The Morgan fingerprint density at radius 2 is 1.95 bits per heavy atom. The molecule has 0 aliphatic heterocycles. The van der Waals surface area contributed by atoms with E-state index in [-0.39, 0.29) is 12.3 Å². The number of pyridine rings is 1. The monoisotopic (exact) mass is 300 g/mol. The Labute approximate surface area is 130 Å². The summed E-state index contributed by atoms with van der Waals surface area (Å²) in [7, 11) is 3.20. The third-order valence-electron chi connectivity index (χ3n) is 3.39. The highest BCUT2D eigenvalue weighted by atomic mass is 16.5. The number of hydrogen-bond acceptors (Lipinski definition) is 4. The Hall–Kier alpha value is -2.56. The second-order valence-corrected chi connectivity index (χ2v) is 5.00. The summed E-state index contributed by atoms with van der Waals surface area (Å²) in [4.78, 5) is 16.3. The molecule has 0 unspecified atom stereocenters. The number of carbonyl (C=O) groups is 1. The van der Waals surface area contributed by atoms with E-state index >= 15 is 0 Å². The summed E-state index contributed by atoms with van der Waals surface area (Å²) in [6.07, 6.45) is 1.90. The summed E-state index contributed by atoms with van der Waals surface area (Å²) in [5, 5.41) is 2.86. The van der Waals surface area contributed by atoms with Gasteiger partial charge < -0.3 is 14.8 Å². The molecule has 2 rings (SSSR count). The van der Waals surface area contributed by atoms with Crippen molar-refractivity contribution in [3.8, 4) is 11.5 Å². The van der Waals surface area contributed by atoms with E-state index in [1.165, 1.54) is 0 Å². The van der Waals surface area contributed by atoms with Gasteiger partial charge in [0.25, 0.3) is 0 Å². The molecule has 0 fully saturated rings. The molecule has 1 heterocycles. The van der Waals surface area contributed by atoms with Gasteiger partial charge in [0, 0.05) is 28.7 Å². The van der Waals surface area contributed by atoms with Crippen molar-refractivity contribution in [2.75, 3.05) is 19.5 Å². The van der Waals surface area contributed by atoms with Crippen LogP contribution in [-0.4, -0.2) is 25.1 Å². The lowest BCUT2D eigenvalue weighted by Gasteiger charge is -2.14. The summed E-state index contributed by atoms with van der Waals surface area (Å²) in [5.74, 6) is 1.32. The predicted molar refractivity (Wildman–Crippen MR) is 85.6 cm³/mol. The third-order valence-corrected chi connectivity index (χ3v) is 3.39. The van der Waals surface area contributed by atoms with Gasteiger partial charge in [-0.05, 0) is 32.0 Å². The fourth-order valence-corrected chi connectivity index (χ4v) is 2.38. The topological polar surface area (TPSA) is 60.5 Å². The molecule has 0 atom stereocenters. The van der Waals surface area contributed by atoms with Gasteiger partial charge in [-0.25, -0.2) is 0 Å². The van der Waals surface area contributed by atoms with E-state index in [4.69, 9.17) is 9.47 Å². The van der Waals surface area contributed by atoms with Crippen LogP contribution in [0.5, 0.6) is 11.5 Å². The van der Waals surface area contributed by atoms with Crippen LogP contribution in [0.25, 0.3) is 0 Å². The van der Waals surface area contributed by atoms with Crippen LogP contribution in [0.1, 0.15) is 16.8 Å². The normalized spacial score (nSPS) is 10.2. The molecule has 0 aliphatic rings.